The SMILES string of the molecule is COc1ccc(C2c3ccccc3CCN2C(=O)Cc2cc(C)on2)cc1. The van der Waals surface area contributed by atoms with E-state index in [0.29, 0.717) is 18.0 Å². The highest BCUT2D eigenvalue weighted by molar-refractivity contribution is 5.80. The Morgan fingerprint density at radius 1 is 1.22 bits per heavy atom. The van der Waals surface area contributed by atoms with Crippen molar-refractivity contribution in [2.45, 2.75) is 25.8 Å². The number of carbonyl (C=O) groups excluding carboxylic acids is 1. The Morgan fingerprint density at radius 3 is 2.70 bits per heavy atom. The van der Waals surface area contributed by atoms with Crippen molar-refractivity contribution >= 4 is 5.91 Å². The number of aryl methyl sites for hydroxylation is 1. The van der Waals surface area contributed by atoms with Gasteiger partial charge in [0.25, 0.3) is 0 Å². The van der Waals surface area contributed by atoms with Crippen LogP contribution in [0.5, 0.6) is 5.75 Å². The quantitative estimate of drug-likeness (QED) is 0.710. The Labute approximate surface area is 158 Å². The molecule has 1 unspecified atom stereocenters. The third kappa shape index (κ3) is 3.45. The number of aromatic nitrogens is 1. The first-order valence-electron chi connectivity index (χ1n) is 9.09. The van der Waals surface area contributed by atoms with Crippen LogP contribution in [-0.2, 0) is 17.6 Å². The molecule has 5 heteroatoms. The van der Waals surface area contributed by atoms with Gasteiger partial charge < -0.3 is 14.2 Å². The van der Waals surface area contributed by atoms with Crippen molar-refractivity contribution < 1.29 is 14.1 Å². The summed E-state index contributed by atoms with van der Waals surface area (Å²) in [7, 11) is 1.65. The van der Waals surface area contributed by atoms with Gasteiger partial charge in [-0.25, -0.2) is 0 Å². The number of carbonyl (C=O) groups is 1. The van der Waals surface area contributed by atoms with Crippen molar-refractivity contribution in [1.82, 2.24) is 10.1 Å². The molecular formula is C22H22N2O3. The smallest absolute Gasteiger partial charge is 0.229 e. The van der Waals surface area contributed by atoms with Crippen LogP contribution in [0.1, 0.15) is 34.2 Å². The number of hydrogen-bond donors (Lipinski definition) is 0. The molecule has 27 heavy (non-hydrogen) atoms. The van der Waals surface area contributed by atoms with E-state index in [9.17, 15) is 4.79 Å². The lowest BCUT2D eigenvalue weighted by molar-refractivity contribution is -0.132. The van der Waals surface area contributed by atoms with Crippen LogP contribution >= 0.6 is 0 Å². The summed E-state index contributed by atoms with van der Waals surface area (Å²) < 4.78 is 10.4. The summed E-state index contributed by atoms with van der Waals surface area (Å²) in [5.41, 5.74) is 4.22. The van der Waals surface area contributed by atoms with Crippen molar-refractivity contribution in [3.05, 3.63) is 82.7 Å². The lowest BCUT2D eigenvalue weighted by Gasteiger charge is -2.37. The van der Waals surface area contributed by atoms with Crippen LogP contribution in [0.4, 0.5) is 0 Å². The number of methoxy groups -OCH3 is 1. The van der Waals surface area contributed by atoms with Crippen LogP contribution in [-0.4, -0.2) is 29.6 Å². The number of ether oxygens (including phenoxy) is 1. The molecule has 0 saturated heterocycles. The first kappa shape index (κ1) is 17.3. The number of hydrogen-bond acceptors (Lipinski definition) is 4. The van der Waals surface area contributed by atoms with Crippen molar-refractivity contribution in [2.75, 3.05) is 13.7 Å². The van der Waals surface area contributed by atoms with E-state index in [2.05, 4.69) is 23.4 Å². The van der Waals surface area contributed by atoms with Crippen molar-refractivity contribution in [3.63, 3.8) is 0 Å². The van der Waals surface area contributed by atoms with Crippen LogP contribution in [0.15, 0.2) is 59.1 Å². The summed E-state index contributed by atoms with van der Waals surface area (Å²) in [5, 5.41) is 3.98. The molecule has 1 atom stereocenters. The van der Waals surface area contributed by atoms with E-state index in [1.54, 1.807) is 7.11 Å². The predicted molar refractivity (Wildman–Crippen MR) is 102 cm³/mol. The molecule has 3 aromatic rings. The van der Waals surface area contributed by atoms with E-state index < -0.39 is 0 Å². The van der Waals surface area contributed by atoms with E-state index >= 15 is 0 Å². The highest BCUT2D eigenvalue weighted by Crippen LogP contribution is 2.36. The normalized spacial score (nSPS) is 16.1. The first-order valence-corrected chi connectivity index (χ1v) is 9.09. The molecule has 0 fully saturated rings. The maximum absolute atomic E-state index is 13.1. The lowest BCUT2D eigenvalue weighted by Crippen LogP contribution is -2.41. The number of nitrogens with zero attached hydrogens (tertiary/aromatic N) is 2. The van der Waals surface area contributed by atoms with Gasteiger partial charge in [0.05, 0.1) is 25.3 Å². The Balaban J connectivity index is 1.69. The first-order chi connectivity index (χ1) is 13.2. The second kappa shape index (κ2) is 7.27. The van der Waals surface area contributed by atoms with Gasteiger partial charge in [-0.05, 0) is 42.2 Å². The van der Waals surface area contributed by atoms with E-state index in [1.807, 2.05) is 48.2 Å². The molecule has 1 aliphatic rings. The van der Waals surface area contributed by atoms with Gasteiger partial charge in [0.1, 0.15) is 11.5 Å². The maximum Gasteiger partial charge on any atom is 0.229 e. The largest absolute Gasteiger partial charge is 0.497 e. The van der Waals surface area contributed by atoms with E-state index in [1.165, 1.54) is 11.1 Å². The lowest BCUT2D eigenvalue weighted by atomic mass is 9.88. The standard InChI is InChI=1S/C22H22N2O3/c1-15-13-18(23-27-15)14-21(25)24-12-11-16-5-3-4-6-20(16)22(24)17-7-9-19(26-2)10-8-17/h3-10,13,22H,11-12,14H2,1-2H3. The van der Waals surface area contributed by atoms with Crippen LogP contribution < -0.4 is 4.74 Å². The fourth-order valence-corrected chi connectivity index (χ4v) is 3.74. The van der Waals surface area contributed by atoms with E-state index in [-0.39, 0.29) is 18.4 Å². The molecule has 138 valence electrons. The third-order valence-corrected chi connectivity index (χ3v) is 5.04. The Bertz CT molecular complexity index is 946. The monoisotopic (exact) mass is 362 g/mol. The molecule has 1 amide bonds. The zero-order valence-electron chi connectivity index (χ0n) is 15.5. The number of benzene rings is 2. The molecular weight excluding hydrogens is 340 g/mol. The van der Waals surface area contributed by atoms with Gasteiger partial charge in [-0.3, -0.25) is 4.79 Å². The minimum atomic E-state index is -0.110. The van der Waals surface area contributed by atoms with Crippen LogP contribution in [0, 0.1) is 6.92 Å². The van der Waals surface area contributed by atoms with Gasteiger partial charge >= 0.3 is 0 Å². The molecule has 0 aliphatic carbocycles. The van der Waals surface area contributed by atoms with Crippen LogP contribution in [0.2, 0.25) is 0 Å². The van der Waals surface area contributed by atoms with Crippen molar-refractivity contribution in [2.24, 2.45) is 0 Å². The molecule has 2 aromatic carbocycles. The molecule has 0 spiro atoms. The fraction of sp³-hybridized carbons (Fsp3) is 0.273. The van der Waals surface area contributed by atoms with E-state index in [4.69, 9.17) is 9.26 Å². The molecule has 2 heterocycles. The molecule has 0 bridgehead atoms. The highest BCUT2D eigenvalue weighted by Gasteiger charge is 2.32. The Kier molecular flexibility index (Phi) is 4.67. The molecule has 0 radical (unpaired) electrons. The summed E-state index contributed by atoms with van der Waals surface area (Å²) in [6, 6.07) is 18.0. The summed E-state index contributed by atoms with van der Waals surface area (Å²) in [5.74, 6) is 1.57. The van der Waals surface area contributed by atoms with Gasteiger partial charge in [0.15, 0.2) is 0 Å². The van der Waals surface area contributed by atoms with Crippen LogP contribution in [0.25, 0.3) is 0 Å². The van der Waals surface area contributed by atoms with Gasteiger partial charge in [-0.2, -0.15) is 0 Å². The molecule has 5 nitrogen and oxygen atoms in total. The zero-order chi connectivity index (χ0) is 18.8. The third-order valence-electron chi connectivity index (χ3n) is 5.04. The molecule has 1 aliphatic heterocycles. The highest BCUT2D eigenvalue weighted by atomic mass is 16.5. The summed E-state index contributed by atoms with van der Waals surface area (Å²) in [4.78, 5) is 15.1. The van der Waals surface area contributed by atoms with E-state index in [0.717, 1.165) is 17.7 Å². The average molecular weight is 362 g/mol. The Morgan fingerprint density at radius 2 is 2.00 bits per heavy atom. The maximum atomic E-state index is 13.1. The molecule has 1 aromatic heterocycles. The molecule has 0 saturated carbocycles. The average Bonchev–Trinajstić information content (AvgIpc) is 3.11. The molecule has 0 N–H and O–H groups in total. The van der Waals surface area contributed by atoms with Gasteiger partial charge in [0, 0.05) is 12.6 Å². The second-order valence-electron chi connectivity index (χ2n) is 6.82. The van der Waals surface area contributed by atoms with Gasteiger partial charge in [0.2, 0.25) is 5.91 Å². The minimum absolute atomic E-state index is 0.0543. The number of fused-ring (bicyclic) bond motifs is 1. The van der Waals surface area contributed by atoms with Gasteiger partial charge in [-0.15, -0.1) is 0 Å². The molecule has 4 rings (SSSR count). The Hall–Kier alpha value is -3.08. The van der Waals surface area contributed by atoms with Crippen LogP contribution in [0.3, 0.4) is 0 Å². The predicted octanol–water partition coefficient (Wildman–Crippen LogP) is 3.71. The fourth-order valence-electron chi connectivity index (χ4n) is 3.74. The summed E-state index contributed by atoms with van der Waals surface area (Å²) in [6.45, 7) is 2.52. The second-order valence-corrected chi connectivity index (χ2v) is 6.82. The summed E-state index contributed by atoms with van der Waals surface area (Å²) in [6.07, 6.45) is 1.10. The van der Waals surface area contributed by atoms with Crippen molar-refractivity contribution in [3.8, 4) is 5.75 Å². The summed E-state index contributed by atoms with van der Waals surface area (Å²) >= 11 is 0. The topological polar surface area (TPSA) is 55.6 Å². The van der Waals surface area contributed by atoms with Crippen molar-refractivity contribution in [1.29, 1.82) is 0 Å². The zero-order valence-corrected chi connectivity index (χ0v) is 15.5. The number of rotatable bonds is 4. The minimum Gasteiger partial charge on any atom is -0.497 e. The number of amides is 1. The van der Waals surface area contributed by atoms with Gasteiger partial charge in [-0.1, -0.05) is 41.6 Å².